The number of benzene rings is 1. The first-order valence-corrected chi connectivity index (χ1v) is 5.62. The second-order valence-electron chi connectivity index (χ2n) is 3.70. The van der Waals surface area contributed by atoms with Gasteiger partial charge in [0.25, 0.3) is 0 Å². The highest BCUT2D eigenvalue weighted by Crippen LogP contribution is 2.25. The molecule has 0 radical (unpaired) electrons. The van der Waals surface area contributed by atoms with Crippen LogP contribution in [0.2, 0.25) is 0 Å². The van der Waals surface area contributed by atoms with Crippen LogP contribution in [0.5, 0.6) is 0 Å². The summed E-state index contributed by atoms with van der Waals surface area (Å²) in [7, 11) is 0. The highest BCUT2D eigenvalue weighted by Gasteiger charge is 2.01. The van der Waals surface area contributed by atoms with Crippen LogP contribution in [-0.4, -0.2) is 6.54 Å². The minimum Gasteiger partial charge on any atom is -0.397 e. The third-order valence-electron chi connectivity index (χ3n) is 2.34. The minimum absolute atomic E-state index is 0.250. The molecule has 0 spiro atoms. The van der Waals surface area contributed by atoms with Gasteiger partial charge in [0.2, 0.25) is 0 Å². The molecule has 4 heteroatoms. The molecule has 0 fully saturated rings. The summed E-state index contributed by atoms with van der Waals surface area (Å²) >= 11 is 0. The van der Waals surface area contributed by atoms with E-state index in [9.17, 15) is 4.91 Å². The number of hydrogen-bond donors (Lipinski definition) is 2. The number of nitrogen functional groups attached to an aromatic ring is 1. The van der Waals surface area contributed by atoms with E-state index in [0.717, 1.165) is 11.3 Å². The van der Waals surface area contributed by atoms with Crippen molar-refractivity contribution in [2.24, 2.45) is 5.18 Å². The van der Waals surface area contributed by atoms with Gasteiger partial charge in [0.15, 0.2) is 0 Å². The highest BCUT2D eigenvalue weighted by molar-refractivity contribution is 5.68. The Kier molecular flexibility index (Phi) is 5.38. The lowest BCUT2D eigenvalue weighted by molar-refractivity contribution is 1.26. The normalized spacial score (nSPS) is 11.5. The van der Waals surface area contributed by atoms with Crippen LogP contribution in [0.4, 0.5) is 17.1 Å². The first-order valence-electron chi connectivity index (χ1n) is 5.62. The summed E-state index contributed by atoms with van der Waals surface area (Å²) < 4.78 is 0. The highest BCUT2D eigenvalue weighted by atomic mass is 16.3. The number of nitrogens with one attached hydrogen (secondary N) is 1. The topological polar surface area (TPSA) is 67.5 Å². The summed E-state index contributed by atoms with van der Waals surface area (Å²) in [6.45, 7) is 6.26. The molecule has 0 aliphatic rings. The first kappa shape index (κ1) is 13.7. The van der Waals surface area contributed by atoms with Crippen LogP contribution >= 0.6 is 0 Å². The number of anilines is 2. The van der Waals surface area contributed by atoms with Gasteiger partial charge in [0.05, 0.1) is 5.69 Å². The Bertz CT molecular complexity index is 490. The van der Waals surface area contributed by atoms with Crippen molar-refractivity contribution in [2.45, 2.75) is 6.92 Å². The SMILES string of the molecule is C=C/C=C(\C=C/C)CNc1ccc(N)c(N=O)c1. The summed E-state index contributed by atoms with van der Waals surface area (Å²) in [6, 6.07) is 5.10. The average molecular weight is 243 g/mol. The van der Waals surface area contributed by atoms with Gasteiger partial charge in [-0.25, -0.2) is 0 Å². The second-order valence-corrected chi connectivity index (χ2v) is 3.70. The fourth-order valence-corrected chi connectivity index (χ4v) is 1.48. The van der Waals surface area contributed by atoms with Crippen molar-refractivity contribution in [3.8, 4) is 0 Å². The Morgan fingerprint density at radius 1 is 1.56 bits per heavy atom. The molecule has 0 saturated carbocycles. The predicted octanol–water partition coefficient (Wildman–Crippen LogP) is 3.77. The molecule has 0 heterocycles. The van der Waals surface area contributed by atoms with E-state index in [1.54, 1.807) is 18.2 Å². The van der Waals surface area contributed by atoms with Gasteiger partial charge in [0.1, 0.15) is 5.69 Å². The fraction of sp³-hybridized carbons (Fsp3) is 0.143. The molecule has 94 valence electrons. The maximum absolute atomic E-state index is 10.5. The Hall–Kier alpha value is -2.36. The van der Waals surface area contributed by atoms with Gasteiger partial charge >= 0.3 is 0 Å². The van der Waals surface area contributed by atoms with Gasteiger partial charge in [-0.2, -0.15) is 0 Å². The molecule has 0 aliphatic carbocycles. The molecule has 3 N–H and O–H groups in total. The molecular weight excluding hydrogens is 226 g/mol. The number of rotatable bonds is 6. The van der Waals surface area contributed by atoms with E-state index < -0.39 is 0 Å². The number of hydrogen-bond acceptors (Lipinski definition) is 4. The second kappa shape index (κ2) is 7.06. The van der Waals surface area contributed by atoms with Gasteiger partial charge in [-0.15, -0.1) is 4.91 Å². The quantitative estimate of drug-likeness (QED) is 0.454. The third-order valence-corrected chi connectivity index (χ3v) is 2.34. The van der Waals surface area contributed by atoms with Crippen LogP contribution in [0.25, 0.3) is 0 Å². The van der Waals surface area contributed by atoms with Crippen LogP contribution in [0.1, 0.15) is 6.92 Å². The van der Waals surface area contributed by atoms with E-state index in [2.05, 4.69) is 17.1 Å². The molecular formula is C14H17N3O. The summed E-state index contributed by atoms with van der Waals surface area (Å²) in [5.41, 5.74) is 8.12. The molecule has 0 amide bonds. The van der Waals surface area contributed by atoms with Crippen molar-refractivity contribution in [1.29, 1.82) is 0 Å². The Balaban J connectivity index is 2.76. The molecule has 0 atom stereocenters. The lowest BCUT2D eigenvalue weighted by atomic mass is 10.2. The molecule has 4 nitrogen and oxygen atoms in total. The summed E-state index contributed by atoms with van der Waals surface area (Å²) in [5.74, 6) is 0. The molecule has 0 unspecified atom stereocenters. The van der Waals surface area contributed by atoms with Crippen LogP contribution in [-0.2, 0) is 0 Å². The van der Waals surface area contributed by atoms with E-state index >= 15 is 0 Å². The Morgan fingerprint density at radius 2 is 2.33 bits per heavy atom. The largest absolute Gasteiger partial charge is 0.397 e. The minimum atomic E-state index is 0.250. The summed E-state index contributed by atoms with van der Waals surface area (Å²) in [4.78, 5) is 10.5. The van der Waals surface area contributed by atoms with Crippen molar-refractivity contribution < 1.29 is 0 Å². The maximum Gasteiger partial charge on any atom is 0.132 e. The Morgan fingerprint density at radius 3 is 2.94 bits per heavy atom. The van der Waals surface area contributed by atoms with Crippen molar-refractivity contribution in [3.63, 3.8) is 0 Å². The molecule has 1 rings (SSSR count). The predicted molar refractivity (Wildman–Crippen MR) is 77.9 cm³/mol. The van der Waals surface area contributed by atoms with E-state index in [4.69, 9.17) is 5.73 Å². The van der Waals surface area contributed by atoms with E-state index in [1.165, 1.54) is 0 Å². The molecule has 1 aromatic carbocycles. The molecule has 1 aromatic rings. The van der Waals surface area contributed by atoms with Gasteiger partial charge in [-0.3, -0.25) is 0 Å². The van der Waals surface area contributed by atoms with E-state index in [0.29, 0.717) is 12.2 Å². The van der Waals surface area contributed by atoms with Crippen LogP contribution in [0.3, 0.4) is 0 Å². The van der Waals surface area contributed by atoms with Crippen molar-refractivity contribution in [2.75, 3.05) is 17.6 Å². The zero-order valence-corrected chi connectivity index (χ0v) is 10.4. The number of nitrogens with zero attached hydrogens (tertiary/aromatic N) is 1. The van der Waals surface area contributed by atoms with Crippen LogP contribution < -0.4 is 11.1 Å². The van der Waals surface area contributed by atoms with E-state index in [1.807, 2.05) is 31.2 Å². The Labute approximate surface area is 107 Å². The van der Waals surface area contributed by atoms with Crippen molar-refractivity contribution in [1.82, 2.24) is 0 Å². The van der Waals surface area contributed by atoms with Gasteiger partial charge in [-0.05, 0) is 35.9 Å². The number of allylic oxidation sites excluding steroid dienone is 3. The molecule has 0 saturated heterocycles. The zero-order valence-electron chi connectivity index (χ0n) is 10.4. The fourth-order valence-electron chi connectivity index (χ4n) is 1.48. The first-order chi connectivity index (χ1) is 8.71. The van der Waals surface area contributed by atoms with Gasteiger partial charge in [-0.1, -0.05) is 30.9 Å². The summed E-state index contributed by atoms with van der Waals surface area (Å²) in [5, 5.41) is 6.07. The maximum atomic E-state index is 10.5. The monoisotopic (exact) mass is 243 g/mol. The molecule has 0 aliphatic heterocycles. The zero-order chi connectivity index (χ0) is 13.4. The number of nitroso groups, excluding NO2 is 1. The summed E-state index contributed by atoms with van der Waals surface area (Å²) in [6.07, 6.45) is 7.60. The van der Waals surface area contributed by atoms with E-state index in [-0.39, 0.29) is 5.69 Å². The third kappa shape index (κ3) is 3.90. The van der Waals surface area contributed by atoms with Crippen LogP contribution in [0.15, 0.2) is 59.8 Å². The van der Waals surface area contributed by atoms with Crippen LogP contribution in [0, 0.1) is 4.91 Å². The lowest BCUT2D eigenvalue weighted by Gasteiger charge is -2.08. The number of nitrogens with two attached hydrogens (primary N) is 1. The molecule has 18 heavy (non-hydrogen) atoms. The molecule has 0 aromatic heterocycles. The molecule has 0 bridgehead atoms. The average Bonchev–Trinajstić information content (AvgIpc) is 2.38. The van der Waals surface area contributed by atoms with Gasteiger partial charge < -0.3 is 11.1 Å². The smallest absolute Gasteiger partial charge is 0.132 e. The van der Waals surface area contributed by atoms with Gasteiger partial charge in [0, 0.05) is 12.2 Å². The lowest BCUT2D eigenvalue weighted by Crippen LogP contribution is -2.03. The van der Waals surface area contributed by atoms with Crippen molar-refractivity contribution in [3.05, 3.63) is 59.6 Å². The van der Waals surface area contributed by atoms with Crippen molar-refractivity contribution >= 4 is 17.1 Å². The standard InChI is InChI=1S/C14H17N3O/c1-3-5-11(6-4-2)10-16-12-7-8-13(15)14(9-12)17-18/h3-9,16H,1,10,15H2,2H3/b6-4-,11-5+.